The lowest BCUT2D eigenvalue weighted by Gasteiger charge is -2.26. The number of rotatable bonds is 75. The van der Waals surface area contributed by atoms with Gasteiger partial charge in [0.25, 0.3) is 0 Å². The van der Waals surface area contributed by atoms with Gasteiger partial charge in [0.2, 0.25) is 0 Å². The van der Waals surface area contributed by atoms with E-state index < -0.39 is 24.3 Å². The first-order valence-electron chi connectivity index (χ1n) is 40.4. The van der Waals surface area contributed by atoms with Crippen LogP contribution in [0.5, 0.6) is 0 Å². The molecule has 9 nitrogen and oxygen atoms in total. The number of aliphatic carboxylic acids is 1. The summed E-state index contributed by atoms with van der Waals surface area (Å²) >= 11 is 0. The van der Waals surface area contributed by atoms with Crippen molar-refractivity contribution in [1.82, 2.24) is 0 Å². The molecule has 0 spiro atoms. The van der Waals surface area contributed by atoms with Crippen molar-refractivity contribution in [1.29, 1.82) is 0 Å². The van der Waals surface area contributed by atoms with Gasteiger partial charge in [0.1, 0.15) is 13.2 Å². The molecule has 2 atom stereocenters. The topological polar surface area (TPSA) is 111 Å². The molecule has 550 valence electrons. The highest BCUT2D eigenvalue weighted by molar-refractivity contribution is 5.70. The summed E-state index contributed by atoms with van der Waals surface area (Å²) in [4.78, 5) is 37.6. The number of likely N-dealkylation sites (N-methyl/N-ethyl adjacent to an activating group) is 1. The molecule has 0 bridgehead atoms. The minimum atomic E-state index is -1.62. The van der Waals surface area contributed by atoms with E-state index in [1.165, 1.54) is 263 Å². The van der Waals surface area contributed by atoms with E-state index >= 15 is 0 Å². The van der Waals surface area contributed by atoms with Gasteiger partial charge in [-0.3, -0.25) is 9.59 Å². The summed E-state index contributed by atoms with van der Waals surface area (Å²) in [5.41, 5.74) is 0. The van der Waals surface area contributed by atoms with Crippen LogP contribution in [0.3, 0.4) is 0 Å². The van der Waals surface area contributed by atoms with Crippen molar-refractivity contribution in [2.45, 2.75) is 386 Å². The Morgan fingerprint density at radius 1 is 0.326 bits per heavy atom. The van der Waals surface area contributed by atoms with Crippen molar-refractivity contribution in [2.75, 3.05) is 47.5 Å². The fraction of sp³-hybridized carbons (Fsp3) is 0.779. The lowest BCUT2D eigenvalue weighted by Crippen LogP contribution is -2.44. The van der Waals surface area contributed by atoms with Gasteiger partial charge in [-0.15, -0.1) is 0 Å². The Balaban J connectivity index is 4.00. The Kier molecular flexibility index (Phi) is 72.9. The van der Waals surface area contributed by atoms with Crippen molar-refractivity contribution in [3.8, 4) is 0 Å². The molecule has 0 rings (SSSR count). The second-order valence-electron chi connectivity index (χ2n) is 28.3. The van der Waals surface area contributed by atoms with Crippen LogP contribution in [0.15, 0.2) is 97.2 Å². The summed E-state index contributed by atoms with van der Waals surface area (Å²) in [5.74, 6) is -2.26. The third kappa shape index (κ3) is 77.4. The molecule has 95 heavy (non-hydrogen) atoms. The predicted molar refractivity (Wildman–Crippen MR) is 407 cm³/mol. The zero-order valence-corrected chi connectivity index (χ0v) is 63.0. The van der Waals surface area contributed by atoms with Gasteiger partial charge in [0, 0.05) is 12.8 Å². The van der Waals surface area contributed by atoms with Gasteiger partial charge in [-0.25, -0.2) is 0 Å². The van der Waals surface area contributed by atoms with E-state index in [1.54, 1.807) is 0 Å². The Morgan fingerprint density at radius 2 is 0.600 bits per heavy atom. The molecule has 0 saturated carbocycles. The molecule has 2 unspecified atom stereocenters. The molecule has 0 aromatic rings. The standard InChI is InChI=1S/C86H153NO8/c1-6-8-10-12-14-16-18-20-22-24-26-28-30-32-34-36-38-40-41-42-43-45-47-49-51-53-55-57-59-61-63-65-67-69-71-73-75-77-84(89)95-82(81-94-86(85(90)91)92-79-78-87(3,4)5)80-93-83(88)76-74-72-70-68-66-64-62-60-58-56-54-52-50-48-46-44-39-37-35-33-31-29-27-25-23-21-19-17-15-13-11-9-7-2/h8,10,14,16,19-22,25-28,32,34,38,40,82,86H,6-7,9,11-13,15,17-18,23-24,29-31,33,35-37,39,41-81H2,1-5H3/b10-8-,16-14-,21-19-,22-20-,27-25-,28-26-,34-32-,40-38-. The number of unbranched alkanes of at least 4 members (excludes halogenated alkanes) is 44. The molecule has 0 fully saturated rings. The van der Waals surface area contributed by atoms with E-state index in [1.807, 2.05) is 21.1 Å². The number of carbonyl (C=O) groups is 3. The molecule has 0 aliphatic carbocycles. The number of esters is 2. The van der Waals surface area contributed by atoms with Crippen LogP contribution >= 0.6 is 0 Å². The van der Waals surface area contributed by atoms with E-state index in [9.17, 15) is 19.5 Å². The summed E-state index contributed by atoms with van der Waals surface area (Å²) in [6.45, 7) is 4.68. The molecule has 0 aromatic heterocycles. The fourth-order valence-corrected chi connectivity index (χ4v) is 11.7. The number of carboxylic acids is 1. The molecular formula is C86H153NO8. The van der Waals surface area contributed by atoms with Crippen LogP contribution in [-0.4, -0.2) is 82.3 Å². The number of hydrogen-bond donors (Lipinski definition) is 0. The first-order valence-corrected chi connectivity index (χ1v) is 40.4. The van der Waals surface area contributed by atoms with E-state index in [2.05, 4.69) is 111 Å². The maximum Gasteiger partial charge on any atom is 0.306 e. The normalized spacial score (nSPS) is 13.1. The van der Waals surface area contributed by atoms with Gasteiger partial charge in [-0.05, 0) is 96.3 Å². The molecule has 0 aliphatic heterocycles. The van der Waals surface area contributed by atoms with Crippen LogP contribution in [0.4, 0.5) is 0 Å². The number of allylic oxidation sites excluding steroid dienone is 16. The Bertz CT molecular complexity index is 1890. The van der Waals surface area contributed by atoms with E-state index in [0.29, 0.717) is 23.9 Å². The van der Waals surface area contributed by atoms with E-state index in [4.69, 9.17) is 18.9 Å². The summed E-state index contributed by atoms with van der Waals surface area (Å²) in [6.07, 6.45) is 102. The number of nitrogens with zero attached hydrogens (tertiary/aromatic N) is 1. The monoisotopic (exact) mass is 1330 g/mol. The fourth-order valence-electron chi connectivity index (χ4n) is 11.7. The second-order valence-corrected chi connectivity index (χ2v) is 28.3. The summed E-state index contributed by atoms with van der Waals surface area (Å²) in [5, 5.41) is 11.9. The number of carboxylic acid groups (broad SMARTS) is 1. The highest BCUT2D eigenvalue weighted by Crippen LogP contribution is 2.19. The summed E-state index contributed by atoms with van der Waals surface area (Å²) in [6, 6.07) is 0. The molecule has 0 saturated heterocycles. The zero-order valence-electron chi connectivity index (χ0n) is 63.0. The molecule has 0 aromatic carbocycles. The minimum Gasteiger partial charge on any atom is -0.545 e. The van der Waals surface area contributed by atoms with Crippen LogP contribution < -0.4 is 5.11 Å². The van der Waals surface area contributed by atoms with Crippen LogP contribution in [0.1, 0.15) is 373 Å². The van der Waals surface area contributed by atoms with Gasteiger partial charge in [-0.1, -0.05) is 361 Å². The lowest BCUT2D eigenvalue weighted by atomic mass is 10.0. The smallest absolute Gasteiger partial charge is 0.306 e. The van der Waals surface area contributed by atoms with E-state index in [0.717, 1.165) is 77.0 Å². The average molecular weight is 1330 g/mol. The highest BCUT2D eigenvalue weighted by atomic mass is 16.7. The van der Waals surface area contributed by atoms with Gasteiger partial charge in [0.15, 0.2) is 12.4 Å². The maximum atomic E-state index is 13.0. The molecule has 0 radical (unpaired) electrons. The molecule has 0 amide bonds. The van der Waals surface area contributed by atoms with Crippen LogP contribution in [0.2, 0.25) is 0 Å². The van der Waals surface area contributed by atoms with Crippen molar-refractivity contribution in [3.63, 3.8) is 0 Å². The van der Waals surface area contributed by atoms with Crippen molar-refractivity contribution in [2.24, 2.45) is 0 Å². The molecular weight excluding hydrogens is 1170 g/mol. The third-order valence-electron chi connectivity index (χ3n) is 17.8. The third-order valence-corrected chi connectivity index (χ3v) is 17.8. The number of hydrogen-bond acceptors (Lipinski definition) is 8. The largest absolute Gasteiger partial charge is 0.545 e. The lowest BCUT2D eigenvalue weighted by molar-refractivity contribution is -0.870. The quantitative estimate of drug-likeness (QED) is 0.0195. The number of ether oxygens (including phenoxy) is 4. The van der Waals surface area contributed by atoms with E-state index in [-0.39, 0.29) is 32.2 Å². The molecule has 9 heteroatoms. The van der Waals surface area contributed by atoms with Crippen LogP contribution in [0.25, 0.3) is 0 Å². The SMILES string of the molecule is CC/C=C\C/C=C\C/C=C\C/C=C\C/C=C\C/C=C\CCCCCCCCCCCCCCCCCCCCC(=O)OC(COC(=O)CCCCCCCCCCCCCCCCCCCCCCC/C=C\C/C=C\CCCCCCC)COC(OCC[N+](C)(C)C)C(=O)[O-]. The number of carbonyl (C=O) groups excluding carboxylic acids is 3. The Hall–Kier alpha value is -3.79. The van der Waals surface area contributed by atoms with Gasteiger partial charge in [-0.2, -0.15) is 0 Å². The first-order chi connectivity index (χ1) is 46.6. The predicted octanol–water partition coefficient (Wildman–Crippen LogP) is 24.6. The molecule has 0 heterocycles. The Labute approximate surface area is 588 Å². The average Bonchev–Trinajstić information content (AvgIpc) is 3.75. The molecule has 0 aliphatic rings. The van der Waals surface area contributed by atoms with Gasteiger partial charge >= 0.3 is 11.9 Å². The van der Waals surface area contributed by atoms with Gasteiger partial charge in [0.05, 0.1) is 40.3 Å². The maximum absolute atomic E-state index is 13.0. The minimum absolute atomic E-state index is 0.148. The summed E-state index contributed by atoms with van der Waals surface area (Å²) < 4.78 is 22.9. The van der Waals surface area contributed by atoms with Crippen LogP contribution in [-0.2, 0) is 33.3 Å². The first kappa shape index (κ1) is 91.2. The molecule has 0 N–H and O–H groups in total. The second kappa shape index (κ2) is 76.0. The highest BCUT2D eigenvalue weighted by Gasteiger charge is 2.22. The van der Waals surface area contributed by atoms with Crippen molar-refractivity contribution < 1.29 is 42.9 Å². The zero-order chi connectivity index (χ0) is 69.0. The summed E-state index contributed by atoms with van der Waals surface area (Å²) in [7, 11) is 5.95. The Morgan fingerprint density at radius 3 is 0.895 bits per heavy atom. The number of quaternary nitrogens is 1. The van der Waals surface area contributed by atoms with Crippen molar-refractivity contribution >= 4 is 17.9 Å². The van der Waals surface area contributed by atoms with Gasteiger partial charge < -0.3 is 33.3 Å². The van der Waals surface area contributed by atoms with Crippen LogP contribution in [0, 0.1) is 0 Å². The van der Waals surface area contributed by atoms with Crippen molar-refractivity contribution in [3.05, 3.63) is 97.2 Å².